The van der Waals surface area contributed by atoms with Crippen LogP contribution in [0.1, 0.15) is 72.0 Å². The van der Waals surface area contributed by atoms with Crippen molar-refractivity contribution in [3.05, 3.63) is 77.7 Å². The third-order valence-electron chi connectivity index (χ3n) is 5.37. The van der Waals surface area contributed by atoms with Gasteiger partial charge in [-0.3, -0.25) is 0 Å². The van der Waals surface area contributed by atoms with E-state index in [1.54, 1.807) is 12.1 Å². The lowest BCUT2D eigenvalue weighted by atomic mass is 9.75. The summed E-state index contributed by atoms with van der Waals surface area (Å²) in [6, 6.07) is 15.6. The number of carboxylic acids is 1. The Morgan fingerprint density at radius 3 is 2.29 bits per heavy atom. The van der Waals surface area contributed by atoms with Crippen molar-refractivity contribution in [3.8, 4) is 0 Å². The molecule has 2 aromatic carbocycles. The van der Waals surface area contributed by atoms with E-state index in [0.29, 0.717) is 11.5 Å². The van der Waals surface area contributed by atoms with E-state index in [9.17, 15) is 9.90 Å². The summed E-state index contributed by atoms with van der Waals surface area (Å²) in [5.74, 6) is -0.487. The molecule has 2 aromatic rings. The number of carbonyl (C=O) groups is 1. The van der Waals surface area contributed by atoms with Crippen molar-refractivity contribution in [1.29, 1.82) is 0 Å². The highest BCUT2D eigenvalue weighted by atomic mass is 16.4. The van der Waals surface area contributed by atoms with Crippen molar-refractivity contribution in [3.63, 3.8) is 0 Å². The summed E-state index contributed by atoms with van der Waals surface area (Å²) in [6.07, 6.45) is 6.53. The second-order valence-electron chi connectivity index (χ2n) is 7.12. The van der Waals surface area contributed by atoms with Crippen molar-refractivity contribution in [2.24, 2.45) is 0 Å². The van der Waals surface area contributed by atoms with Gasteiger partial charge in [-0.05, 0) is 31.2 Å². The minimum Gasteiger partial charge on any atom is -0.545 e. The molecule has 0 heterocycles. The van der Waals surface area contributed by atoms with Gasteiger partial charge in [0.15, 0.2) is 5.41 Å². The van der Waals surface area contributed by atoms with Gasteiger partial charge in [0.05, 0.1) is 12.9 Å². The van der Waals surface area contributed by atoms with E-state index in [2.05, 4.69) is 31.2 Å². The van der Waals surface area contributed by atoms with E-state index in [1.807, 2.05) is 19.1 Å². The summed E-state index contributed by atoms with van der Waals surface area (Å²) in [7, 11) is 0. The molecule has 124 valence electrons. The molecule has 1 aliphatic carbocycles. The van der Waals surface area contributed by atoms with Crippen LogP contribution in [0.4, 0.5) is 0 Å². The van der Waals surface area contributed by atoms with Gasteiger partial charge in [0.25, 0.3) is 0 Å². The van der Waals surface area contributed by atoms with Crippen molar-refractivity contribution in [2.75, 3.05) is 0 Å². The van der Waals surface area contributed by atoms with E-state index in [0.717, 1.165) is 5.56 Å². The second-order valence-corrected chi connectivity index (χ2v) is 7.12. The summed E-state index contributed by atoms with van der Waals surface area (Å²) in [5.41, 5.74) is 2.70. The maximum absolute atomic E-state index is 11.4. The molecule has 1 unspecified atom stereocenters. The Bertz CT molecular complexity index is 707. The minimum atomic E-state index is -1.15. The molecule has 0 aromatic heterocycles. The highest BCUT2D eigenvalue weighted by Crippen LogP contribution is 2.36. The highest BCUT2D eigenvalue weighted by Gasteiger charge is 2.33. The Labute approximate surface area is 144 Å². The van der Waals surface area contributed by atoms with Crippen LogP contribution in [0.3, 0.4) is 0 Å². The summed E-state index contributed by atoms with van der Waals surface area (Å²) < 4.78 is 0. The number of benzene rings is 2. The van der Waals surface area contributed by atoms with Gasteiger partial charge < -0.3 is 9.90 Å². The van der Waals surface area contributed by atoms with Gasteiger partial charge in [-0.2, -0.15) is 0 Å². The number of hydrogen-bond donors (Lipinski definition) is 0. The zero-order valence-electron chi connectivity index (χ0n) is 14.3. The van der Waals surface area contributed by atoms with Gasteiger partial charge >= 0.3 is 0 Å². The average molecular weight is 320 g/mol. The molecule has 0 bridgehead atoms. The molecule has 2 nitrogen and oxygen atoms in total. The van der Waals surface area contributed by atoms with Gasteiger partial charge in [-0.25, -0.2) is 0 Å². The Morgan fingerprint density at radius 1 is 1.04 bits per heavy atom. The van der Waals surface area contributed by atoms with Crippen LogP contribution >= 0.6 is 0 Å². The monoisotopic (exact) mass is 320 g/mol. The smallest absolute Gasteiger partial charge is 0.153 e. The van der Waals surface area contributed by atoms with Crippen LogP contribution in [0.2, 0.25) is 0 Å². The van der Waals surface area contributed by atoms with E-state index >= 15 is 0 Å². The number of hydrogen-bond acceptors (Lipinski definition) is 2. The lowest BCUT2D eigenvalue weighted by Gasteiger charge is -2.25. The van der Waals surface area contributed by atoms with Gasteiger partial charge in [-0.15, -0.1) is 0 Å². The first-order chi connectivity index (χ1) is 11.5. The van der Waals surface area contributed by atoms with Gasteiger partial charge in [0, 0.05) is 16.7 Å². The molecule has 0 aliphatic heterocycles. The average Bonchev–Trinajstić information content (AvgIpc) is 2.62. The summed E-state index contributed by atoms with van der Waals surface area (Å²) in [6.45, 7) is 6.27. The van der Waals surface area contributed by atoms with Gasteiger partial charge in [0.2, 0.25) is 0 Å². The molecule has 1 aliphatic rings. The fraction of sp³-hybridized carbons (Fsp3) is 0.364. The SMILES string of the molecule is [CH2+]C(C)(c1ccc(C2CCCCC2)cc1)c1ccccc1C(=O)[O-]. The van der Waals surface area contributed by atoms with E-state index < -0.39 is 11.4 Å². The van der Waals surface area contributed by atoms with Crippen molar-refractivity contribution in [2.45, 2.75) is 50.4 Å². The predicted octanol–water partition coefficient (Wildman–Crippen LogP) is 4.24. The molecule has 0 saturated heterocycles. The topological polar surface area (TPSA) is 40.1 Å². The maximum Gasteiger partial charge on any atom is 0.153 e. The molecule has 24 heavy (non-hydrogen) atoms. The molecule has 1 fully saturated rings. The summed E-state index contributed by atoms with van der Waals surface area (Å²) >= 11 is 0. The van der Waals surface area contributed by atoms with Crippen molar-refractivity contribution in [1.82, 2.24) is 0 Å². The Hall–Kier alpha value is -2.22. The molecular formula is C22H24O2. The van der Waals surface area contributed by atoms with Crippen LogP contribution in [-0.2, 0) is 5.41 Å². The van der Waals surface area contributed by atoms with Crippen LogP contribution in [0.25, 0.3) is 0 Å². The minimum absolute atomic E-state index is 0.214. The first kappa shape index (κ1) is 16.6. The lowest BCUT2D eigenvalue weighted by Crippen LogP contribution is -2.29. The van der Waals surface area contributed by atoms with Crippen molar-refractivity contribution >= 4 is 5.97 Å². The Kier molecular flexibility index (Phi) is 4.66. The number of carboxylic acid groups (broad SMARTS) is 1. The van der Waals surface area contributed by atoms with Crippen molar-refractivity contribution < 1.29 is 9.90 Å². The third kappa shape index (κ3) is 3.19. The largest absolute Gasteiger partial charge is 0.545 e. The zero-order chi connectivity index (χ0) is 17.2. The molecule has 0 radical (unpaired) electrons. The first-order valence-electron chi connectivity index (χ1n) is 8.77. The van der Waals surface area contributed by atoms with E-state index in [1.165, 1.54) is 37.7 Å². The normalized spacial score (nSPS) is 18.0. The molecule has 0 spiro atoms. The Morgan fingerprint density at radius 2 is 1.67 bits per heavy atom. The number of rotatable bonds is 4. The number of carbonyl (C=O) groups excluding carboxylic acids is 1. The third-order valence-corrected chi connectivity index (χ3v) is 5.37. The zero-order valence-corrected chi connectivity index (χ0v) is 14.3. The molecule has 1 saturated carbocycles. The first-order valence-corrected chi connectivity index (χ1v) is 8.77. The van der Waals surface area contributed by atoms with Crippen LogP contribution in [-0.4, -0.2) is 5.97 Å². The second kappa shape index (κ2) is 6.72. The van der Waals surface area contributed by atoms with Crippen LogP contribution in [0.5, 0.6) is 0 Å². The predicted molar refractivity (Wildman–Crippen MR) is 94.9 cm³/mol. The fourth-order valence-electron chi connectivity index (χ4n) is 3.86. The Balaban J connectivity index is 1.91. The van der Waals surface area contributed by atoms with E-state index in [4.69, 9.17) is 0 Å². The van der Waals surface area contributed by atoms with Gasteiger partial charge in [0.1, 0.15) is 0 Å². The quantitative estimate of drug-likeness (QED) is 0.791. The molecule has 0 N–H and O–H groups in total. The van der Waals surface area contributed by atoms with Crippen LogP contribution in [0.15, 0.2) is 48.5 Å². The molecule has 3 rings (SSSR count). The fourth-order valence-corrected chi connectivity index (χ4v) is 3.86. The van der Waals surface area contributed by atoms with Gasteiger partial charge in [-0.1, -0.05) is 67.8 Å². The summed E-state index contributed by atoms with van der Waals surface area (Å²) in [5, 5.41) is 11.4. The molecule has 2 heteroatoms. The van der Waals surface area contributed by atoms with Crippen LogP contribution in [0, 0.1) is 6.92 Å². The molecule has 1 atom stereocenters. The standard InChI is InChI=1S/C22H24O2/c1-22(2,20-11-7-6-10-19(20)21(23)24)18-14-12-17(13-15-18)16-8-4-3-5-9-16/h6-7,10-16H,1,3-5,8-9H2,2H3. The maximum atomic E-state index is 11.4. The number of aromatic carboxylic acids is 1. The lowest BCUT2D eigenvalue weighted by molar-refractivity contribution is -0.255. The summed E-state index contributed by atoms with van der Waals surface area (Å²) in [4.78, 5) is 11.4. The van der Waals surface area contributed by atoms with Crippen LogP contribution < -0.4 is 5.11 Å². The molecule has 0 amide bonds. The van der Waals surface area contributed by atoms with E-state index in [-0.39, 0.29) is 5.56 Å². The molecular weight excluding hydrogens is 296 g/mol. The highest BCUT2D eigenvalue weighted by molar-refractivity contribution is 5.88.